The number of pyridine rings is 1. The number of imide groups is 1. The summed E-state index contributed by atoms with van der Waals surface area (Å²) in [6, 6.07) is 11.8. The van der Waals surface area contributed by atoms with Crippen LogP contribution in [0.4, 0.5) is 24.7 Å². The van der Waals surface area contributed by atoms with Gasteiger partial charge in [-0.25, -0.2) is 13.2 Å². The van der Waals surface area contributed by atoms with E-state index in [2.05, 4.69) is 47.1 Å². The minimum atomic E-state index is -1.17. The molecule has 4 aliphatic heterocycles. The van der Waals surface area contributed by atoms with Crippen molar-refractivity contribution in [3.63, 3.8) is 0 Å². The van der Waals surface area contributed by atoms with E-state index < -0.39 is 23.3 Å². The summed E-state index contributed by atoms with van der Waals surface area (Å²) in [4.78, 5) is 48.1. The lowest BCUT2D eigenvalue weighted by Crippen LogP contribution is -2.60. The predicted octanol–water partition coefficient (Wildman–Crippen LogP) is 9.05. The fraction of sp³-hybridized carbons (Fsp3) is 0.544. The molecule has 0 radical (unpaired) electrons. The molecule has 7 fully saturated rings. The van der Waals surface area contributed by atoms with Crippen molar-refractivity contribution in [1.82, 2.24) is 39.8 Å². The number of fused-ring (bicyclic) bond motifs is 3. The zero-order valence-electron chi connectivity index (χ0n) is 42.3. The first-order valence-electron chi connectivity index (χ1n) is 27.2. The second kappa shape index (κ2) is 18.1. The van der Waals surface area contributed by atoms with Crippen molar-refractivity contribution in [2.45, 2.75) is 109 Å². The number of nitrogens with one attached hydrogen (secondary N) is 1. The Balaban J connectivity index is 0.645. The Morgan fingerprint density at radius 2 is 1.59 bits per heavy atom. The molecule has 2 spiro atoms. The summed E-state index contributed by atoms with van der Waals surface area (Å²) < 4.78 is 57.3. The minimum absolute atomic E-state index is 0.00742. The highest BCUT2D eigenvalue weighted by molar-refractivity contribution is 6.02. The highest BCUT2D eigenvalue weighted by atomic mass is 19.1. The molecule has 3 aromatic carbocycles. The topological polar surface area (TPSA) is 145 Å². The van der Waals surface area contributed by atoms with Crippen LogP contribution in [0.2, 0.25) is 0 Å². The molecule has 2 amide bonds. The van der Waals surface area contributed by atoms with Crippen molar-refractivity contribution in [3.8, 4) is 23.0 Å². The lowest BCUT2D eigenvalue weighted by molar-refractivity contribution is -0.135. The summed E-state index contributed by atoms with van der Waals surface area (Å²) in [5.74, 6) is -1.04. The van der Waals surface area contributed by atoms with Crippen LogP contribution in [0.1, 0.15) is 102 Å². The number of alkyl halides is 1. The fourth-order valence-electron chi connectivity index (χ4n) is 14.1. The number of amides is 2. The van der Waals surface area contributed by atoms with Gasteiger partial charge in [0.15, 0.2) is 5.82 Å². The summed E-state index contributed by atoms with van der Waals surface area (Å²) in [6.45, 7) is 10.3. The van der Waals surface area contributed by atoms with Gasteiger partial charge in [0.25, 0.3) is 5.91 Å². The van der Waals surface area contributed by atoms with E-state index in [-0.39, 0.29) is 51.0 Å². The van der Waals surface area contributed by atoms with Crippen molar-refractivity contribution in [3.05, 3.63) is 72.1 Å². The molecule has 7 heterocycles. The van der Waals surface area contributed by atoms with Crippen LogP contribution in [0, 0.1) is 27.9 Å². The van der Waals surface area contributed by atoms with E-state index in [1.54, 1.807) is 29.2 Å². The zero-order chi connectivity index (χ0) is 50.6. The molecule has 4 saturated heterocycles. The number of ether oxygens (including phenoxy) is 1. The number of carbonyl (C=O) groups excluding carboxylic acids is 2. The van der Waals surface area contributed by atoms with Crippen LogP contribution in [0.5, 0.6) is 11.8 Å². The summed E-state index contributed by atoms with van der Waals surface area (Å²) in [5.41, 5.74) is 1.84. The number of phenolic OH excluding ortho intramolecular Hbond substituents is 1. The highest BCUT2D eigenvalue weighted by Crippen LogP contribution is 2.58. The molecule has 2 N–H and O–H groups in total. The van der Waals surface area contributed by atoms with Gasteiger partial charge in [-0.1, -0.05) is 19.4 Å². The lowest BCUT2D eigenvalue weighted by atomic mass is 9.55. The summed E-state index contributed by atoms with van der Waals surface area (Å²) in [5, 5.41) is 20.3. The van der Waals surface area contributed by atoms with Crippen molar-refractivity contribution >= 4 is 55.9 Å². The zero-order valence-corrected chi connectivity index (χ0v) is 42.3. The number of likely N-dealkylation sites (tertiary alicyclic amines) is 1. The number of aromatic hydroxyl groups is 1. The molecular weight excluding hydrogens is 946 g/mol. The molecule has 3 saturated carbocycles. The molecule has 6 aromatic rings. The van der Waals surface area contributed by atoms with E-state index in [0.29, 0.717) is 78.4 Å². The predicted molar refractivity (Wildman–Crippen MR) is 277 cm³/mol. The van der Waals surface area contributed by atoms with Gasteiger partial charge in [-0.3, -0.25) is 29.5 Å². The van der Waals surface area contributed by atoms with E-state index in [1.165, 1.54) is 37.8 Å². The van der Waals surface area contributed by atoms with Crippen LogP contribution in [-0.4, -0.2) is 129 Å². The smallest absolute Gasteiger partial charge is 0.319 e. The number of anilines is 2. The normalized spacial score (nSPS) is 23.4. The molecule has 17 heteroatoms. The first-order valence-corrected chi connectivity index (χ1v) is 27.2. The van der Waals surface area contributed by atoms with Crippen molar-refractivity contribution < 1.29 is 32.6 Å². The summed E-state index contributed by atoms with van der Waals surface area (Å²) in [7, 11) is 0. The molecule has 7 aliphatic rings. The van der Waals surface area contributed by atoms with Crippen LogP contribution < -0.4 is 19.9 Å². The number of hydrogen-bond acceptors (Lipinski definition) is 12. The van der Waals surface area contributed by atoms with Gasteiger partial charge in [-0.15, -0.1) is 0 Å². The largest absolute Gasteiger partial charge is 0.508 e. The van der Waals surface area contributed by atoms with Crippen LogP contribution >= 0.6 is 0 Å². The molecule has 1 unspecified atom stereocenters. The van der Waals surface area contributed by atoms with Gasteiger partial charge in [-0.2, -0.15) is 15.1 Å². The number of rotatable bonds is 12. The molecule has 13 rings (SSSR count). The number of aromatic nitrogens is 5. The van der Waals surface area contributed by atoms with E-state index in [1.807, 2.05) is 13.0 Å². The average Bonchev–Trinajstić information content (AvgIpc) is 4.02. The number of piperazine rings is 1. The number of benzene rings is 3. The van der Waals surface area contributed by atoms with E-state index in [9.17, 15) is 14.7 Å². The monoisotopic (exact) mass is 1010 g/mol. The van der Waals surface area contributed by atoms with Gasteiger partial charge in [0, 0.05) is 87.0 Å². The third-order valence-electron chi connectivity index (χ3n) is 18.4. The van der Waals surface area contributed by atoms with Crippen molar-refractivity contribution in [1.29, 1.82) is 0 Å². The van der Waals surface area contributed by atoms with E-state index in [0.717, 1.165) is 108 Å². The number of carbonyl (C=O) groups is 2. The Hall–Kier alpha value is -6.07. The molecule has 3 aliphatic carbocycles. The van der Waals surface area contributed by atoms with Gasteiger partial charge in [0.05, 0.1) is 23.7 Å². The van der Waals surface area contributed by atoms with Gasteiger partial charge in [0.2, 0.25) is 5.91 Å². The van der Waals surface area contributed by atoms with Gasteiger partial charge in [-0.05, 0) is 154 Å². The number of halogens is 3. The first kappa shape index (κ1) is 47.6. The van der Waals surface area contributed by atoms with Gasteiger partial charge >= 0.3 is 6.01 Å². The Bertz CT molecular complexity index is 3210. The summed E-state index contributed by atoms with van der Waals surface area (Å²) in [6.07, 6.45) is 15.5. The number of phenols is 1. The molecule has 14 nitrogen and oxygen atoms in total. The fourth-order valence-corrected chi connectivity index (χ4v) is 14.1. The maximum Gasteiger partial charge on any atom is 0.319 e. The Morgan fingerprint density at radius 1 is 0.811 bits per heavy atom. The molecule has 0 bridgehead atoms. The summed E-state index contributed by atoms with van der Waals surface area (Å²) >= 11 is 0. The van der Waals surface area contributed by atoms with Crippen LogP contribution in [-0.2, 0) is 16.0 Å². The standard InChI is InChI=1S/C57H65F3N10O4/c1-2-40-43(58)7-5-36-26-39(71)27-41(47(36)40)49-48(59)50-42(29-61-49)51(69-18-4-13-54(33-69)11-3-12-54)65-53(64-50)74-35-56(14-15-56)32-66-19-16-55(17-20-66)30-57(60,31-55)34-67-21-23-68(24-22-67)38-6-8-44-37(25-38)28-62-70(44)45-9-10-46(72)63-52(45)73/h5-8,25-29,45,71H,2-4,9-24,30-35H2,1H3,(H,63,72,73). The lowest BCUT2D eigenvalue weighted by Gasteiger charge is -2.57. The molecule has 388 valence electrons. The second-order valence-corrected chi connectivity index (χ2v) is 23.5. The first-order chi connectivity index (χ1) is 35.8. The van der Waals surface area contributed by atoms with Crippen LogP contribution in [0.3, 0.4) is 0 Å². The molecular formula is C57H65F3N10O4. The number of nitrogens with zero attached hydrogens (tertiary/aromatic N) is 9. The SMILES string of the molecule is CCc1c(F)ccc2cc(O)cc(-c3ncc4c(N5CCCC6(CCC6)C5)nc(OCC5(CN6CCC7(CC6)CC(F)(CN6CCN(c8ccc9c(cnn9C9CCC(=O)NC9=O)c8)CC6)C7)CC5)nc4c3F)c12. The third-order valence-corrected chi connectivity index (χ3v) is 18.4. The highest BCUT2D eigenvalue weighted by Gasteiger charge is 2.57. The minimum Gasteiger partial charge on any atom is -0.508 e. The average molecular weight is 1010 g/mol. The second-order valence-electron chi connectivity index (χ2n) is 23.5. The maximum atomic E-state index is 17.3. The van der Waals surface area contributed by atoms with E-state index >= 15 is 13.2 Å². The van der Waals surface area contributed by atoms with E-state index in [4.69, 9.17) is 14.7 Å². The Morgan fingerprint density at radius 3 is 2.34 bits per heavy atom. The van der Waals surface area contributed by atoms with Gasteiger partial charge in [0.1, 0.15) is 40.3 Å². The Kier molecular flexibility index (Phi) is 11.6. The quantitative estimate of drug-likeness (QED) is 0.113. The van der Waals surface area contributed by atoms with Crippen LogP contribution in [0.25, 0.3) is 43.8 Å². The van der Waals surface area contributed by atoms with Crippen molar-refractivity contribution in [2.24, 2.45) is 16.2 Å². The number of hydrogen-bond donors (Lipinski definition) is 2. The van der Waals surface area contributed by atoms with Crippen molar-refractivity contribution in [2.75, 3.05) is 81.9 Å². The maximum absolute atomic E-state index is 17.3. The third kappa shape index (κ3) is 8.59. The number of aryl methyl sites for hydroxylation is 1. The molecule has 3 aromatic heterocycles. The molecule has 74 heavy (non-hydrogen) atoms. The Labute approximate surface area is 428 Å². The molecule has 1 atom stereocenters. The number of piperidine rings is 3. The van der Waals surface area contributed by atoms with Gasteiger partial charge < -0.3 is 24.5 Å². The van der Waals surface area contributed by atoms with Crippen LogP contribution in [0.15, 0.2) is 54.9 Å².